The largest absolute Gasteiger partial charge is 0.286 e. The summed E-state index contributed by atoms with van der Waals surface area (Å²) in [7, 11) is 1.40. The Morgan fingerprint density at radius 2 is 2.25 bits per heavy atom. The van der Waals surface area contributed by atoms with Crippen molar-refractivity contribution < 1.29 is 10.0 Å². The molecule has 0 unspecified atom stereocenters. The number of carbonyl (C=O) groups is 1. The molecule has 2 bridgehead atoms. The minimum Gasteiger partial charge on any atom is -0.286 e. The zero-order valence-electron chi connectivity index (χ0n) is 7.10. The summed E-state index contributed by atoms with van der Waals surface area (Å²) in [4.78, 5) is 11.4. The molecule has 1 amide bonds. The van der Waals surface area contributed by atoms with E-state index in [0.29, 0.717) is 11.8 Å². The van der Waals surface area contributed by atoms with Crippen molar-refractivity contribution in [1.29, 1.82) is 0 Å². The molecular weight excluding hydrogens is 154 g/mol. The van der Waals surface area contributed by atoms with Gasteiger partial charge in [-0.1, -0.05) is 12.2 Å². The predicted molar refractivity (Wildman–Crippen MR) is 43.4 cm³/mol. The SMILES string of the molecule is CN(O)C(=O)[C@@H]1C[C@@H]2C=C[C@H]1C2. The summed E-state index contributed by atoms with van der Waals surface area (Å²) in [5.41, 5.74) is 0. The molecule has 12 heavy (non-hydrogen) atoms. The van der Waals surface area contributed by atoms with E-state index in [9.17, 15) is 4.79 Å². The first-order valence-corrected chi connectivity index (χ1v) is 4.33. The van der Waals surface area contributed by atoms with Crippen LogP contribution < -0.4 is 0 Å². The average Bonchev–Trinajstić information content (AvgIpc) is 2.62. The molecule has 0 saturated heterocycles. The van der Waals surface area contributed by atoms with Crippen molar-refractivity contribution in [3.05, 3.63) is 12.2 Å². The first-order chi connectivity index (χ1) is 5.68. The van der Waals surface area contributed by atoms with E-state index in [1.807, 2.05) is 0 Å². The highest BCUT2D eigenvalue weighted by Gasteiger charge is 2.40. The van der Waals surface area contributed by atoms with Crippen molar-refractivity contribution in [2.75, 3.05) is 7.05 Å². The third-order valence-electron chi connectivity index (χ3n) is 2.92. The number of hydrogen-bond acceptors (Lipinski definition) is 2. The Labute approximate surface area is 71.6 Å². The Morgan fingerprint density at radius 3 is 2.67 bits per heavy atom. The van der Waals surface area contributed by atoms with Crippen LogP contribution in [0.3, 0.4) is 0 Å². The van der Waals surface area contributed by atoms with Crippen LogP contribution in [0.15, 0.2) is 12.2 Å². The van der Waals surface area contributed by atoms with Crippen LogP contribution in [0.4, 0.5) is 0 Å². The third kappa shape index (κ3) is 1.05. The molecule has 0 aromatic rings. The Balaban J connectivity index is 2.08. The normalized spacial score (nSPS) is 37.3. The molecule has 3 atom stereocenters. The van der Waals surface area contributed by atoms with Crippen LogP contribution in [0.2, 0.25) is 0 Å². The van der Waals surface area contributed by atoms with Gasteiger partial charge in [-0.05, 0) is 24.7 Å². The van der Waals surface area contributed by atoms with Crippen LogP contribution >= 0.6 is 0 Å². The number of fused-ring (bicyclic) bond motifs is 2. The Bertz CT molecular complexity index is 235. The highest BCUT2D eigenvalue weighted by Crippen LogP contribution is 2.43. The maximum Gasteiger partial charge on any atom is 0.249 e. The Hall–Kier alpha value is -0.830. The molecule has 66 valence electrons. The molecule has 2 rings (SSSR count). The van der Waals surface area contributed by atoms with Gasteiger partial charge in [-0.2, -0.15) is 0 Å². The maximum absolute atomic E-state index is 11.4. The van der Waals surface area contributed by atoms with Gasteiger partial charge < -0.3 is 0 Å². The predicted octanol–water partition coefficient (Wildman–Crippen LogP) is 1.05. The highest BCUT2D eigenvalue weighted by atomic mass is 16.5. The van der Waals surface area contributed by atoms with Gasteiger partial charge in [0.15, 0.2) is 0 Å². The molecule has 0 aromatic heterocycles. The molecule has 0 aromatic carbocycles. The summed E-state index contributed by atoms with van der Waals surface area (Å²) in [6.45, 7) is 0. The van der Waals surface area contributed by atoms with E-state index < -0.39 is 0 Å². The monoisotopic (exact) mass is 167 g/mol. The summed E-state index contributed by atoms with van der Waals surface area (Å²) in [6.07, 6.45) is 6.32. The summed E-state index contributed by atoms with van der Waals surface area (Å²) in [5.74, 6) is 0.878. The van der Waals surface area contributed by atoms with Crippen LogP contribution in [-0.4, -0.2) is 23.2 Å². The fourth-order valence-corrected chi connectivity index (χ4v) is 2.30. The van der Waals surface area contributed by atoms with E-state index in [0.717, 1.165) is 17.9 Å². The molecule has 2 aliphatic carbocycles. The van der Waals surface area contributed by atoms with Gasteiger partial charge in [-0.3, -0.25) is 10.0 Å². The topological polar surface area (TPSA) is 40.5 Å². The summed E-state index contributed by atoms with van der Waals surface area (Å²) in [6, 6.07) is 0. The minimum atomic E-state index is -0.133. The summed E-state index contributed by atoms with van der Waals surface area (Å²) < 4.78 is 0. The second-order valence-corrected chi connectivity index (χ2v) is 3.75. The number of carbonyl (C=O) groups excluding carboxylic acids is 1. The number of allylic oxidation sites excluding steroid dienone is 2. The van der Waals surface area contributed by atoms with E-state index in [4.69, 9.17) is 5.21 Å². The summed E-state index contributed by atoms with van der Waals surface area (Å²) >= 11 is 0. The van der Waals surface area contributed by atoms with Crippen LogP contribution in [0.1, 0.15) is 12.8 Å². The number of nitrogens with zero attached hydrogens (tertiary/aromatic N) is 1. The van der Waals surface area contributed by atoms with Crippen LogP contribution in [0.5, 0.6) is 0 Å². The van der Waals surface area contributed by atoms with Crippen LogP contribution in [0.25, 0.3) is 0 Å². The first-order valence-electron chi connectivity index (χ1n) is 4.33. The van der Waals surface area contributed by atoms with Gasteiger partial charge in [0, 0.05) is 13.0 Å². The highest BCUT2D eigenvalue weighted by molar-refractivity contribution is 5.78. The van der Waals surface area contributed by atoms with E-state index >= 15 is 0 Å². The van der Waals surface area contributed by atoms with Crippen LogP contribution in [-0.2, 0) is 4.79 Å². The lowest BCUT2D eigenvalue weighted by Crippen LogP contribution is -2.32. The molecule has 1 saturated carbocycles. The van der Waals surface area contributed by atoms with Crippen molar-refractivity contribution in [3.8, 4) is 0 Å². The molecule has 0 heterocycles. The second-order valence-electron chi connectivity index (χ2n) is 3.75. The minimum absolute atomic E-state index is 0.0370. The molecule has 1 fully saturated rings. The zero-order valence-corrected chi connectivity index (χ0v) is 7.10. The molecule has 0 aliphatic heterocycles. The number of rotatable bonds is 1. The molecule has 2 aliphatic rings. The molecule has 3 nitrogen and oxygen atoms in total. The first kappa shape index (κ1) is 7.80. The Kier molecular flexibility index (Phi) is 1.68. The fraction of sp³-hybridized carbons (Fsp3) is 0.667. The average molecular weight is 167 g/mol. The van der Waals surface area contributed by atoms with E-state index in [-0.39, 0.29) is 11.8 Å². The van der Waals surface area contributed by atoms with Gasteiger partial charge >= 0.3 is 0 Å². The summed E-state index contributed by atoms with van der Waals surface area (Å²) in [5, 5.41) is 9.69. The lowest BCUT2D eigenvalue weighted by atomic mass is 9.93. The Morgan fingerprint density at radius 1 is 1.50 bits per heavy atom. The van der Waals surface area contributed by atoms with Crippen molar-refractivity contribution in [2.45, 2.75) is 12.8 Å². The molecule has 3 heteroatoms. The number of hydroxylamine groups is 2. The maximum atomic E-state index is 11.4. The van der Waals surface area contributed by atoms with Gasteiger partial charge in [-0.25, -0.2) is 5.06 Å². The molecular formula is C9H13NO2. The van der Waals surface area contributed by atoms with E-state index in [1.54, 1.807) is 0 Å². The van der Waals surface area contributed by atoms with Crippen molar-refractivity contribution in [2.24, 2.45) is 17.8 Å². The van der Waals surface area contributed by atoms with Crippen molar-refractivity contribution in [1.82, 2.24) is 5.06 Å². The van der Waals surface area contributed by atoms with Gasteiger partial charge in [0.1, 0.15) is 0 Å². The quantitative estimate of drug-likeness (QED) is 0.360. The van der Waals surface area contributed by atoms with Crippen molar-refractivity contribution in [3.63, 3.8) is 0 Å². The van der Waals surface area contributed by atoms with Crippen LogP contribution in [0, 0.1) is 17.8 Å². The van der Waals surface area contributed by atoms with E-state index in [1.165, 1.54) is 7.05 Å². The number of amides is 1. The van der Waals surface area contributed by atoms with Gasteiger partial charge in [0.05, 0.1) is 0 Å². The van der Waals surface area contributed by atoms with Gasteiger partial charge in [0.2, 0.25) is 5.91 Å². The van der Waals surface area contributed by atoms with Gasteiger partial charge in [0.25, 0.3) is 0 Å². The lowest BCUT2D eigenvalue weighted by molar-refractivity contribution is -0.165. The smallest absolute Gasteiger partial charge is 0.249 e. The zero-order chi connectivity index (χ0) is 8.72. The van der Waals surface area contributed by atoms with E-state index in [2.05, 4.69) is 12.2 Å². The number of hydrogen-bond donors (Lipinski definition) is 1. The lowest BCUT2D eigenvalue weighted by Gasteiger charge is -2.19. The third-order valence-corrected chi connectivity index (χ3v) is 2.92. The molecule has 0 radical (unpaired) electrons. The van der Waals surface area contributed by atoms with Crippen molar-refractivity contribution >= 4 is 5.91 Å². The fourth-order valence-electron chi connectivity index (χ4n) is 2.30. The van der Waals surface area contributed by atoms with Gasteiger partial charge in [-0.15, -0.1) is 0 Å². The molecule has 1 N–H and O–H groups in total. The standard InChI is InChI=1S/C9H13NO2/c1-10(12)9(11)8-5-6-2-3-7(8)4-6/h2-3,6-8,12H,4-5H2,1H3/t6-,7+,8-/m1/s1. The second kappa shape index (κ2) is 2.59. The molecule has 0 spiro atoms.